The minimum Gasteiger partial charge on any atom is -0.370 e. The Balaban J connectivity index is 2.07. The van der Waals surface area contributed by atoms with Gasteiger partial charge >= 0.3 is 0 Å². The molecular formula is C19H30O2. The van der Waals surface area contributed by atoms with Crippen LogP contribution in [0.25, 0.3) is 0 Å². The number of hydrogen-bond acceptors (Lipinski definition) is 2. The molecule has 0 N–H and O–H groups in total. The van der Waals surface area contributed by atoms with Gasteiger partial charge in [-0.2, -0.15) is 0 Å². The molecule has 0 bridgehead atoms. The lowest BCUT2D eigenvalue weighted by Gasteiger charge is -2.41. The van der Waals surface area contributed by atoms with Crippen molar-refractivity contribution >= 4 is 5.78 Å². The lowest BCUT2D eigenvalue weighted by atomic mass is 9.67. The van der Waals surface area contributed by atoms with Crippen molar-refractivity contribution in [3.63, 3.8) is 0 Å². The summed E-state index contributed by atoms with van der Waals surface area (Å²) in [6.45, 7) is 11.2. The lowest BCUT2D eigenvalue weighted by molar-refractivity contribution is -0.131. The predicted molar refractivity (Wildman–Crippen MR) is 87.0 cm³/mol. The van der Waals surface area contributed by atoms with Gasteiger partial charge in [0.05, 0.1) is 6.10 Å². The highest BCUT2D eigenvalue weighted by atomic mass is 16.5. The maximum Gasteiger partial charge on any atom is 0.161 e. The number of carbonyl (C=O) groups excluding carboxylic acids is 1. The molecule has 0 saturated carbocycles. The second-order valence-electron chi connectivity index (χ2n) is 7.11. The van der Waals surface area contributed by atoms with E-state index in [-0.39, 0.29) is 24.4 Å². The molecule has 0 fully saturated rings. The number of Topliss-reactive ketones (excluding diaryl/α,β-unsaturated/α-hetero) is 1. The van der Waals surface area contributed by atoms with Gasteiger partial charge in [-0.25, -0.2) is 0 Å². The third-order valence-corrected chi connectivity index (χ3v) is 5.46. The van der Waals surface area contributed by atoms with E-state index < -0.39 is 0 Å². The molecular weight excluding hydrogens is 260 g/mol. The number of ether oxygens (including phenoxy) is 1. The van der Waals surface area contributed by atoms with Gasteiger partial charge in [0.25, 0.3) is 0 Å². The third-order valence-electron chi connectivity index (χ3n) is 5.46. The van der Waals surface area contributed by atoms with E-state index in [0.717, 1.165) is 12.8 Å². The zero-order valence-electron chi connectivity index (χ0n) is 14.1. The molecule has 0 aromatic rings. The van der Waals surface area contributed by atoms with Gasteiger partial charge in [0, 0.05) is 11.8 Å². The SMILES string of the molecule is CCC(C)C(=O)COC1CC(C)C=C2C=CC(C)C(C)C21. The Labute approximate surface area is 129 Å². The smallest absolute Gasteiger partial charge is 0.161 e. The molecule has 21 heavy (non-hydrogen) atoms. The highest BCUT2D eigenvalue weighted by Crippen LogP contribution is 2.42. The Morgan fingerprint density at radius 3 is 2.76 bits per heavy atom. The van der Waals surface area contributed by atoms with E-state index in [1.165, 1.54) is 5.57 Å². The average Bonchev–Trinajstić information content (AvgIpc) is 2.47. The van der Waals surface area contributed by atoms with Gasteiger partial charge in [0.1, 0.15) is 6.61 Å². The second kappa shape index (κ2) is 6.91. The number of rotatable bonds is 5. The molecule has 2 aliphatic rings. The third kappa shape index (κ3) is 3.66. The van der Waals surface area contributed by atoms with Crippen molar-refractivity contribution in [3.8, 4) is 0 Å². The highest BCUT2D eigenvalue weighted by Gasteiger charge is 2.38. The highest BCUT2D eigenvalue weighted by molar-refractivity contribution is 5.81. The fourth-order valence-corrected chi connectivity index (χ4v) is 3.54. The quantitative estimate of drug-likeness (QED) is 0.749. The van der Waals surface area contributed by atoms with E-state index in [1.54, 1.807) is 0 Å². The summed E-state index contributed by atoms with van der Waals surface area (Å²) in [5.41, 5.74) is 1.42. The summed E-state index contributed by atoms with van der Waals surface area (Å²) in [5, 5.41) is 0. The predicted octanol–water partition coefficient (Wildman–Crippen LogP) is 4.41. The molecule has 6 atom stereocenters. The van der Waals surface area contributed by atoms with Crippen LogP contribution in [0.5, 0.6) is 0 Å². The Kier molecular flexibility index (Phi) is 5.43. The number of allylic oxidation sites excluding steroid dienone is 3. The minimum absolute atomic E-state index is 0.114. The molecule has 6 unspecified atom stereocenters. The van der Waals surface area contributed by atoms with Crippen molar-refractivity contribution < 1.29 is 9.53 Å². The van der Waals surface area contributed by atoms with E-state index in [2.05, 4.69) is 45.9 Å². The summed E-state index contributed by atoms with van der Waals surface area (Å²) >= 11 is 0. The number of fused-ring (bicyclic) bond motifs is 1. The van der Waals surface area contributed by atoms with Gasteiger partial charge in [0.2, 0.25) is 0 Å². The molecule has 2 heteroatoms. The largest absolute Gasteiger partial charge is 0.370 e. The molecule has 0 aliphatic heterocycles. The zero-order valence-corrected chi connectivity index (χ0v) is 14.1. The normalized spacial score (nSPS) is 36.8. The molecule has 2 nitrogen and oxygen atoms in total. The summed E-state index contributed by atoms with van der Waals surface area (Å²) in [6, 6.07) is 0. The van der Waals surface area contributed by atoms with Crippen LogP contribution >= 0.6 is 0 Å². The van der Waals surface area contributed by atoms with Crippen LogP contribution in [0, 0.1) is 29.6 Å². The standard InChI is InChI=1S/C19H30O2/c1-6-13(3)17(20)11-21-18-10-12(2)9-16-8-7-14(4)15(5)19(16)18/h7-9,12-15,18-19H,6,10-11H2,1-5H3. The van der Waals surface area contributed by atoms with Crippen LogP contribution in [0.4, 0.5) is 0 Å². The molecule has 0 spiro atoms. The van der Waals surface area contributed by atoms with E-state index in [0.29, 0.717) is 23.7 Å². The molecule has 2 rings (SSSR count). The molecule has 2 aliphatic carbocycles. The Bertz CT molecular complexity index is 435. The molecule has 0 radical (unpaired) electrons. The maximum atomic E-state index is 12.1. The van der Waals surface area contributed by atoms with Crippen molar-refractivity contribution in [2.45, 2.75) is 53.6 Å². The van der Waals surface area contributed by atoms with Crippen LogP contribution in [-0.2, 0) is 9.53 Å². The molecule has 0 aromatic heterocycles. The summed E-state index contributed by atoms with van der Waals surface area (Å²) in [6.07, 6.45) is 9.10. The summed E-state index contributed by atoms with van der Waals surface area (Å²) in [4.78, 5) is 12.1. The van der Waals surface area contributed by atoms with Crippen LogP contribution < -0.4 is 0 Å². The fraction of sp³-hybridized carbons (Fsp3) is 0.737. The molecule has 0 aromatic carbocycles. The number of carbonyl (C=O) groups is 1. The first-order valence-electron chi connectivity index (χ1n) is 8.48. The first-order valence-corrected chi connectivity index (χ1v) is 8.48. The van der Waals surface area contributed by atoms with Gasteiger partial charge in [-0.1, -0.05) is 52.8 Å². The summed E-state index contributed by atoms with van der Waals surface area (Å²) in [5.74, 6) is 2.50. The maximum absolute atomic E-state index is 12.1. The molecule has 0 amide bonds. The first-order chi connectivity index (χ1) is 9.93. The van der Waals surface area contributed by atoms with E-state index in [4.69, 9.17) is 4.74 Å². The van der Waals surface area contributed by atoms with Crippen LogP contribution in [0.3, 0.4) is 0 Å². The van der Waals surface area contributed by atoms with Gasteiger partial charge in [-0.05, 0) is 36.2 Å². The van der Waals surface area contributed by atoms with E-state index >= 15 is 0 Å². The monoisotopic (exact) mass is 290 g/mol. The van der Waals surface area contributed by atoms with Crippen molar-refractivity contribution in [2.24, 2.45) is 29.6 Å². The van der Waals surface area contributed by atoms with Crippen molar-refractivity contribution in [2.75, 3.05) is 6.61 Å². The fourth-order valence-electron chi connectivity index (χ4n) is 3.54. The number of ketones is 1. The second-order valence-corrected chi connectivity index (χ2v) is 7.11. The Hall–Kier alpha value is -0.890. The average molecular weight is 290 g/mol. The van der Waals surface area contributed by atoms with Crippen molar-refractivity contribution in [1.82, 2.24) is 0 Å². The Morgan fingerprint density at radius 1 is 1.38 bits per heavy atom. The van der Waals surface area contributed by atoms with Crippen LogP contribution in [0.1, 0.15) is 47.5 Å². The number of hydrogen-bond donors (Lipinski definition) is 0. The van der Waals surface area contributed by atoms with Crippen molar-refractivity contribution in [3.05, 3.63) is 23.8 Å². The molecule has 0 saturated heterocycles. The van der Waals surface area contributed by atoms with Crippen LogP contribution in [-0.4, -0.2) is 18.5 Å². The van der Waals surface area contributed by atoms with E-state index in [9.17, 15) is 4.79 Å². The van der Waals surface area contributed by atoms with Gasteiger partial charge in [0.15, 0.2) is 5.78 Å². The lowest BCUT2D eigenvalue weighted by Crippen LogP contribution is -2.39. The Morgan fingerprint density at radius 2 is 2.10 bits per heavy atom. The minimum atomic E-state index is 0.114. The topological polar surface area (TPSA) is 26.3 Å². The summed E-state index contributed by atoms with van der Waals surface area (Å²) < 4.78 is 6.10. The molecule has 0 heterocycles. The van der Waals surface area contributed by atoms with Crippen LogP contribution in [0.15, 0.2) is 23.8 Å². The zero-order chi connectivity index (χ0) is 15.6. The van der Waals surface area contributed by atoms with E-state index in [1.807, 2.05) is 6.92 Å². The van der Waals surface area contributed by atoms with Crippen molar-refractivity contribution in [1.29, 1.82) is 0 Å². The molecule has 118 valence electrons. The first kappa shape index (κ1) is 16.5. The summed E-state index contributed by atoms with van der Waals surface area (Å²) in [7, 11) is 0. The van der Waals surface area contributed by atoms with Crippen LogP contribution in [0.2, 0.25) is 0 Å². The van der Waals surface area contributed by atoms with Gasteiger partial charge in [-0.15, -0.1) is 0 Å². The van der Waals surface area contributed by atoms with Gasteiger partial charge < -0.3 is 4.74 Å². The van der Waals surface area contributed by atoms with Gasteiger partial charge in [-0.3, -0.25) is 4.79 Å².